The highest BCUT2D eigenvalue weighted by molar-refractivity contribution is 7.99. The number of nitrogens with zero attached hydrogens (tertiary/aromatic N) is 3. The van der Waals surface area contributed by atoms with Gasteiger partial charge in [-0.3, -0.25) is 19.2 Å². The van der Waals surface area contributed by atoms with Crippen LogP contribution in [0.1, 0.15) is 32.4 Å². The molecule has 4 rings (SSSR count). The van der Waals surface area contributed by atoms with Crippen LogP contribution in [0.25, 0.3) is 11.4 Å². The first-order valence-electron chi connectivity index (χ1n) is 11.7. The van der Waals surface area contributed by atoms with Crippen LogP contribution in [0.2, 0.25) is 5.02 Å². The summed E-state index contributed by atoms with van der Waals surface area (Å²) in [6.45, 7) is 5.33. The van der Waals surface area contributed by atoms with Crippen molar-refractivity contribution in [3.8, 4) is 11.4 Å². The second kappa shape index (κ2) is 12.3. The van der Waals surface area contributed by atoms with Crippen LogP contribution in [0.5, 0.6) is 0 Å². The number of ether oxygens (including phenoxy) is 4. The Morgan fingerprint density at radius 1 is 1.15 bits per heavy atom. The predicted octanol–water partition coefficient (Wildman–Crippen LogP) is 3.14. The molecule has 2 aromatic heterocycles. The second-order valence-corrected chi connectivity index (χ2v) is 11.1. The molecule has 15 heteroatoms. The predicted molar refractivity (Wildman–Crippen MR) is 141 cm³/mol. The van der Waals surface area contributed by atoms with Gasteiger partial charge in [0.25, 0.3) is 0 Å². The van der Waals surface area contributed by atoms with E-state index in [-0.39, 0.29) is 11.5 Å². The van der Waals surface area contributed by atoms with Crippen LogP contribution in [-0.2, 0) is 33.3 Å². The Morgan fingerprint density at radius 2 is 1.87 bits per heavy atom. The van der Waals surface area contributed by atoms with Crippen molar-refractivity contribution in [2.45, 2.75) is 62.4 Å². The van der Waals surface area contributed by atoms with Gasteiger partial charge < -0.3 is 23.9 Å². The summed E-state index contributed by atoms with van der Waals surface area (Å²) >= 11 is 8.53. The molecule has 0 aliphatic carbocycles. The molecule has 0 saturated carbocycles. The highest BCUT2D eigenvalue weighted by Gasteiger charge is 2.52. The minimum Gasteiger partial charge on any atom is -0.463 e. The number of halogens is 1. The Labute approximate surface area is 235 Å². The van der Waals surface area contributed by atoms with Crippen LogP contribution in [0, 0.1) is 6.92 Å². The first-order chi connectivity index (χ1) is 18.5. The zero-order chi connectivity index (χ0) is 28.3. The van der Waals surface area contributed by atoms with Crippen molar-refractivity contribution in [1.82, 2.24) is 20.0 Å². The number of aromatic nitrogens is 4. The lowest BCUT2D eigenvalue weighted by atomic mass is 9.96. The molecule has 208 valence electrons. The quantitative estimate of drug-likeness (QED) is 0.301. The van der Waals surface area contributed by atoms with Crippen molar-refractivity contribution in [3.63, 3.8) is 0 Å². The molecule has 0 amide bonds. The topological polar surface area (TPSA) is 152 Å². The molecule has 1 saturated heterocycles. The van der Waals surface area contributed by atoms with Gasteiger partial charge in [-0.05, 0) is 24.6 Å². The summed E-state index contributed by atoms with van der Waals surface area (Å²) < 4.78 is 24.3. The van der Waals surface area contributed by atoms with Gasteiger partial charge in [0.05, 0.1) is 11.9 Å². The minimum absolute atomic E-state index is 0.248. The molecule has 5 atom stereocenters. The second-order valence-electron chi connectivity index (χ2n) is 8.66. The number of aromatic amines is 1. The number of H-pyrrole nitrogens is 1. The normalized spacial score (nSPS) is 22.7. The number of hydrogen-bond acceptors (Lipinski definition) is 12. The number of hydrogen-bond donors (Lipinski definition) is 1. The molecule has 1 aromatic carbocycles. The Balaban J connectivity index is 1.80. The SMILES string of the molecule is CC(=O)OCC1O[C@H](Sc2ccc(C)c(Cl)c2)C(OC(C)=O)C(n2cc(-c3csc(=O)[nH]3)nn2)[C@H]1OC(C)=O. The maximum atomic E-state index is 12.3. The van der Waals surface area contributed by atoms with Crippen molar-refractivity contribution in [3.05, 3.63) is 50.0 Å². The van der Waals surface area contributed by atoms with Crippen LogP contribution in [0.4, 0.5) is 0 Å². The lowest BCUT2D eigenvalue weighted by Crippen LogP contribution is -2.57. The Bertz CT molecular complexity index is 1420. The van der Waals surface area contributed by atoms with Gasteiger partial charge in [-0.25, -0.2) is 4.68 Å². The zero-order valence-electron chi connectivity index (χ0n) is 21.3. The van der Waals surface area contributed by atoms with Crippen LogP contribution < -0.4 is 4.87 Å². The summed E-state index contributed by atoms with van der Waals surface area (Å²) in [5, 5.41) is 10.5. The van der Waals surface area contributed by atoms with E-state index in [9.17, 15) is 19.2 Å². The number of aryl methyl sites for hydroxylation is 1. The Hall–Kier alpha value is -3.20. The summed E-state index contributed by atoms with van der Waals surface area (Å²) in [4.78, 5) is 50.9. The molecule has 1 aliphatic heterocycles. The van der Waals surface area contributed by atoms with Crippen molar-refractivity contribution in [2.75, 3.05) is 6.61 Å². The fourth-order valence-electron chi connectivity index (χ4n) is 4.01. The highest BCUT2D eigenvalue weighted by Crippen LogP contribution is 2.42. The third kappa shape index (κ3) is 7.06. The lowest BCUT2D eigenvalue weighted by molar-refractivity contribution is -0.212. The molecule has 0 spiro atoms. The largest absolute Gasteiger partial charge is 0.463 e. The number of thioether (sulfide) groups is 1. The highest BCUT2D eigenvalue weighted by atomic mass is 35.5. The molecule has 1 aliphatic rings. The van der Waals surface area contributed by atoms with Crippen LogP contribution in [0.15, 0.2) is 39.5 Å². The van der Waals surface area contributed by atoms with Crippen molar-refractivity contribution < 1.29 is 33.3 Å². The monoisotopic (exact) mass is 596 g/mol. The van der Waals surface area contributed by atoms with Crippen LogP contribution >= 0.6 is 34.7 Å². The fourth-order valence-corrected chi connectivity index (χ4v) is 5.98. The van der Waals surface area contributed by atoms with Crippen molar-refractivity contribution >= 4 is 52.6 Å². The van der Waals surface area contributed by atoms with E-state index in [1.165, 1.54) is 43.4 Å². The Morgan fingerprint density at radius 3 is 2.49 bits per heavy atom. The molecule has 1 fully saturated rings. The number of rotatable bonds is 8. The van der Waals surface area contributed by atoms with E-state index >= 15 is 0 Å². The van der Waals surface area contributed by atoms with Gasteiger partial charge in [0.1, 0.15) is 29.9 Å². The number of thiazole rings is 1. The number of carbonyl (C=O) groups is 3. The van der Waals surface area contributed by atoms with E-state index in [1.807, 2.05) is 19.1 Å². The summed E-state index contributed by atoms with van der Waals surface area (Å²) in [6, 6.07) is 4.49. The van der Waals surface area contributed by atoms with Gasteiger partial charge in [-0.2, -0.15) is 0 Å². The van der Waals surface area contributed by atoms with E-state index in [4.69, 9.17) is 30.5 Å². The average molecular weight is 597 g/mol. The summed E-state index contributed by atoms with van der Waals surface area (Å²) in [6.07, 6.45) is -1.56. The van der Waals surface area contributed by atoms with Crippen molar-refractivity contribution in [1.29, 1.82) is 0 Å². The smallest absolute Gasteiger partial charge is 0.304 e. The zero-order valence-corrected chi connectivity index (χ0v) is 23.7. The number of nitrogens with one attached hydrogen (secondary N) is 1. The lowest BCUT2D eigenvalue weighted by Gasteiger charge is -2.44. The molecule has 0 radical (unpaired) electrons. The first kappa shape index (κ1) is 28.8. The number of esters is 3. The molecule has 3 heterocycles. The van der Waals surface area contributed by atoms with E-state index in [0.29, 0.717) is 16.4 Å². The molecule has 12 nitrogen and oxygen atoms in total. The summed E-state index contributed by atoms with van der Waals surface area (Å²) in [5.74, 6) is -1.80. The molecular formula is C24H25ClN4O8S2. The van der Waals surface area contributed by atoms with Gasteiger partial charge in [0, 0.05) is 36.1 Å². The molecule has 3 aromatic rings. The molecule has 3 unspecified atom stereocenters. The molecule has 1 N–H and O–H groups in total. The maximum absolute atomic E-state index is 12.3. The molecular weight excluding hydrogens is 572 g/mol. The van der Waals surface area contributed by atoms with Crippen molar-refractivity contribution in [2.24, 2.45) is 0 Å². The summed E-state index contributed by atoms with van der Waals surface area (Å²) in [5.41, 5.74) is 0.796. The number of carbonyl (C=O) groups excluding carboxylic acids is 3. The van der Waals surface area contributed by atoms with Crippen LogP contribution in [0.3, 0.4) is 0 Å². The van der Waals surface area contributed by atoms with Crippen LogP contribution in [-0.4, -0.2) is 68.2 Å². The summed E-state index contributed by atoms with van der Waals surface area (Å²) in [7, 11) is 0. The molecule has 39 heavy (non-hydrogen) atoms. The van der Waals surface area contributed by atoms with Gasteiger partial charge in [-0.15, -0.1) is 5.10 Å². The van der Waals surface area contributed by atoms with E-state index in [0.717, 1.165) is 21.8 Å². The maximum Gasteiger partial charge on any atom is 0.304 e. The van der Waals surface area contributed by atoms with E-state index in [2.05, 4.69) is 15.3 Å². The third-order valence-electron chi connectivity index (χ3n) is 5.68. The average Bonchev–Trinajstić information content (AvgIpc) is 3.50. The first-order valence-corrected chi connectivity index (χ1v) is 13.8. The standard InChI is InChI=1S/C24H25ClN4O8S2/c1-11-5-6-15(7-16(11)25)39-23-22(36-14(4)32)20(21(35-13(3)31)19(37-23)9-34-12(2)30)29-8-17(27-28-29)18-10-38-24(33)26-18/h5-8,10,19-23H,9H2,1-4H3,(H,26,33)/t19?,20?,21-,22?,23+/m0/s1. The molecule has 0 bridgehead atoms. The van der Waals surface area contributed by atoms with Gasteiger partial charge >= 0.3 is 22.8 Å². The Kier molecular flexibility index (Phi) is 9.10. The van der Waals surface area contributed by atoms with E-state index < -0.39 is 47.7 Å². The third-order valence-corrected chi connectivity index (χ3v) is 7.89. The van der Waals surface area contributed by atoms with E-state index in [1.54, 1.807) is 11.4 Å². The number of benzene rings is 1. The van der Waals surface area contributed by atoms with Gasteiger partial charge in [0.15, 0.2) is 12.2 Å². The van der Waals surface area contributed by atoms with Gasteiger partial charge in [0.2, 0.25) is 0 Å². The fraction of sp³-hybridized carbons (Fsp3) is 0.417. The minimum atomic E-state index is -1.10. The van der Waals surface area contributed by atoms with Gasteiger partial charge in [-0.1, -0.05) is 46.0 Å².